The molecule has 2 heterocycles. The number of likely N-dealkylation sites (tertiary alicyclic amines) is 1. The minimum absolute atomic E-state index is 0.259. The first-order valence-electron chi connectivity index (χ1n) is 8.93. The Kier molecular flexibility index (Phi) is 5.16. The summed E-state index contributed by atoms with van der Waals surface area (Å²) in [5.74, 6) is -0.982. The van der Waals surface area contributed by atoms with Crippen molar-refractivity contribution in [1.29, 1.82) is 0 Å². The molecule has 3 rings (SSSR count). The zero-order valence-corrected chi connectivity index (χ0v) is 15.7. The van der Waals surface area contributed by atoms with E-state index in [2.05, 4.69) is 13.8 Å². The minimum atomic E-state index is -0.984. The van der Waals surface area contributed by atoms with Crippen molar-refractivity contribution >= 4 is 29.4 Å². The Balaban J connectivity index is 1.74. The fourth-order valence-corrected chi connectivity index (χ4v) is 3.71. The van der Waals surface area contributed by atoms with Crippen LogP contribution in [0.4, 0.5) is 10.5 Å². The van der Waals surface area contributed by atoms with Gasteiger partial charge in [0.25, 0.3) is 0 Å². The van der Waals surface area contributed by atoms with Gasteiger partial charge in [-0.3, -0.25) is 14.4 Å². The number of ether oxygens (including phenoxy) is 1. The first-order valence-corrected chi connectivity index (χ1v) is 8.93. The number of benzene rings is 1. The lowest BCUT2D eigenvalue weighted by Crippen LogP contribution is -2.48. The zero-order valence-electron chi connectivity index (χ0n) is 15.7. The molecular formula is C19H23N3O5. The molecule has 1 aromatic carbocycles. The number of nitrogens with zero attached hydrogens (tertiary/aromatic N) is 3. The average molecular weight is 373 g/mol. The fraction of sp³-hybridized carbons (Fsp3) is 0.474. The topological polar surface area (TPSA) is 87.2 Å². The second-order valence-corrected chi connectivity index (χ2v) is 7.26. The van der Waals surface area contributed by atoms with E-state index >= 15 is 0 Å². The van der Waals surface area contributed by atoms with Gasteiger partial charge in [0, 0.05) is 13.1 Å². The zero-order chi connectivity index (χ0) is 19.7. The largest absolute Gasteiger partial charge is 0.497 e. The van der Waals surface area contributed by atoms with Crippen LogP contribution in [0.2, 0.25) is 0 Å². The molecule has 2 aliphatic heterocycles. The number of piperidine rings is 1. The smallest absolute Gasteiger partial charge is 0.339 e. The van der Waals surface area contributed by atoms with Crippen molar-refractivity contribution in [3.8, 4) is 5.75 Å². The van der Waals surface area contributed by atoms with Crippen LogP contribution in [0.1, 0.15) is 20.3 Å². The second-order valence-electron chi connectivity index (χ2n) is 7.26. The Morgan fingerprint density at radius 1 is 1.04 bits per heavy atom. The van der Waals surface area contributed by atoms with Gasteiger partial charge in [-0.05, 0) is 42.5 Å². The summed E-state index contributed by atoms with van der Waals surface area (Å²) in [5, 5.41) is 0. The van der Waals surface area contributed by atoms with Crippen molar-refractivity contribution in [2.75, 3.05) is 31.6 Å². The van der Waals surface area contributed by atoms with E-state index in [1.165, 1.54) is 19.2 Å². The lowest BCUT2D eigenvalue weighted by atomic mass is 9.92. The highest BCUT2D eigenvalue weighted by molar-refractivity contribution is 6.53. The fourth-order valence-electron chi connectivity index (χ4n) is 3.71. The number of urea groups is 1. The summed E-state index contributed by atoms with van der Waals surface area (Å²) in [4.78, 5) is 53.0. The van der Waals surface area contributed by atoms with E-state index in [1.54, 1.807) is 17.0 Å². The number of carbonyl (C=O) groups excluding carboxylic acids is 4. The van der Waals surface area contributed by atoms with E-state index in [0.717, 1.165) is 16.2 Å². The Bertz CT molecular complexity index is 766. The molecule has 8 nitrogen and oxygen atoms in total. The number of methoxy groups -OCH3 is 1. The Morgan fingerprint density at radius 3 is 2.19 bits per heavy atom. The van der Waals surface area contributed by atoms with Gasteiger partial charge in [0.15, 0.2) is 0 Å². The first-order chi connectivity index (χ1) is 12.8. The van der Waals surface area contributed by atoms with Gasteiger partial charge in [0.05, 0.1) is 12.8 Å². The maximum Gasteiger partial charge on any atom is 0.339 e. The van der Waals surface area contributed by atoms with Gasteiger partial charge in [0.2, 0.25) is 5.91 Å². The molecule has 0 spiro atoms. The molecule has 0 aromatic heterocycles. The predicted octanol–water partition coefficient (Wildman–Crippen LogP) is 1.49. The van der Waals surface area contributed by atoms with Gasteiger partial charge in [-0.25, -0.2) is 14.6 Å². The SMILES string of the molecule is COc1ccc(N2C(=O)C(=O)N(CC(=O)N3C[C@H](C)C[C@H](C)C3)C2=O)cc1. The summed E-state index contributed by atoms with van der Waals surface area (Å²) in [6.45, 7) is 4.90. The van der Waals surface area contributed by atoms with Crippen molar-refractivity contribution in [1.82, 2.24) is 9.80 Å². The summed E-state index contributed by atoms with van der Waals surface area (Å²) in [5.41, 5.74) is 0.259. The Labute approximate surface area is 157 Å². The average Bonchev–Trinajstić information content (AvgIpc) is 2.84. The van der Waals surface area contributed by atoms with Crippen molar-refractivity contribution < 1.29 is 23.9 Å². The molecule has 5 amide bonds. The number of imide groups is 2. The summed E-state index contributed by atoms with van der Waals surface area (Å²) >= 11 is 0. The first kappa shape index (κ1) is 18.9. The van der Waals surface area contributed by atoms with Gasteiger partial charge in [0.1, 0.15) is 12.3 Å². The summed E-state index contributed by atoms with van der Waals surface area (Å²) < 4.78 is 5.05. The molecular weight excluding hydrogens is 350 g/mol. The third kappa shape index (κ3) is 3.65. The molecule has 0 saturated carbocycles. The molecule has 0 unspecified atom stereocenters. The number of anilines is 1. The van der Waals surface area contributed by atoms with Crippen LogP contribution in [0.25, 0.3) is 0 Å². The molecule has 2 fully saturated rings. The molecule has 0 aliphatic carbocycles. The van der Waals surface area contributed by atoms with E-state index < -0.39 is 24.4 Å². The second kappa shape index (κ2) is 7.38. The Morgan fingerprint density at radius 2 is 1.63 bits per heavy atom. The van der Waals surface area contributed by atoms with Crippen LogP contribution in [-0.2, 0) is 14.4 Å². The van der Waals surface area contributed by atoms with Crippen LogP contribution >= 0.6 is 0 Å². The maximum atomic E-state index is 12.6. The molecule has 0 N–H and O–H groups in total. The van der Waals surface area contributed by atoms with Crippen molar-refractivity contribution in [2.24, 2.45) is 11.8 Å². The highest BCUT2D eigenvalue weighted by atomic mass is 16.5. The standard InChI is InChI=1S/C19H23N3O5/c1-12-8-13(2)10-20(9-12)16(23)11-21-17(24)18(25)22(19(21)26)14-4-6-15(27-3)7-5-14/h4-7,12-13H,8-11H2,1-3H3/t12-,13+. The van der Waals surface area contributed by atoms with E-state index in [-0.39, 0.29) is 11.6 Å². The molecule has 27 heavy (non-hydrogen) atoms. The number of amides is 5. The molecule has 1 aromatic rings. The van der Waals surface area contributed by atoms with Crippen molar-refractivity contribution in [3.05, 3.63) is 24.3 Å². The predicted molar refractivity (Wildman–Crippen MR) is 97.1 cm³/mol. The van der Waals surface area contributed by atoms with Crippen molar-refractivity contribution in [3.63, 3.8) is 0 Å². The number of hydrogen-bond acceptors (Lipinski definition) is 5. The molecule has 2 aliphatic rings. The van der Waals surface area contributed by atoms with Crippen LogP contribution in [0.5, 0.6) is 5.75 Å². The van der Waals surface area contributed by atoms with Gasteiger partial charge in [-0.15, -0.1) is 0 Å². The van der Waals surface area contributed by atoms with E-state index in [1.807, 2.05) is 0 Å². The van der Waals surface area contributed by atoms with Gasteiger partial charge in [-0.1, -0.05) is 13.8 Å². The molecule has 8 heteroatoms. The van der Waals surface area contributed by atoms with Crippen LogP contribution in [0.3, 0.4) is 0 Å². The molecule has 0 radical (unpaired) electrons. The summed E-state index contributed by atoms with van der Waals surface area (Å²) in [6, 6.07) is 5.40. The van der Waals surface area contributed by atoms with Crippen LogP contribution < -0.4 is 9.64 Å². The monoisotopic (exact) mass is 373 g/mol. The molecule has 2 atom stereocenters. The van der Waals surface area contributed by atoms with E-state index in [0.29, 0.717) is 30.7 Å². The Hall–Kier alpha value is -2.90. The normalized spacial score (nSPS) is 23.2. The lowest BCUT2D eigenvalue weighted by Gasteiger charge is -2.35. The van der Waals surface area contributed by atoms with Crippen LogP contribution in [0, 0.1) is 11.8 Å². The van der Waals surface area contributed by atoms with E-state index in [9.17, 15) is 19.2 Å². The quantitative estimate of drug-likeness (QED) is 0.590. The van der Waals surface area contributed by atoms with E-state index in [4.69, 9.17) is 4.74 Å². The summed E-state index contributed by atoms with van der Waals surface area (Å²) in [6.07, 6.45) is 1.04. The number of rotatable bonds is 4. The number of hydrogen-bond donors (Lipinski definition) is 0. The highest BCUT2D eigenvalue weighted by Gasteiger charge is 2.46. The molecule has 2 saturated heterocycles. The summed E-state index contributed by atoms with van der Waals surface area (Å²) in [7, 11) is 1.50. The van der Waals surface area contributed by atoms with Crippen LogP contribution in [0.15, 0.2) is 24.3 Å². The minimum Gasteiger partial charge on any atom is -0.497 e. The highest BCUT2D eigenvalue weighted by Crippen LogP contribution is 2.25. The number of carbonyl (C=O) groups is 4. The lowest BCUT2D eigenvalue weighted by molar-refractivity contribution is -0.143. The molecule has 144 valence electrons. The third-order valence-electron chi connectivity index (χ3n) is 4.90. The van der Waals surface area contributed by atoms with Crippen molar-refractivity contribution in [2.45, 2.75) is 20.3 Å². The third-order valence-corrected chi connectivity index (χ3v) is 4.90. The van der Waals surface area contributed by atoms with Gasteiger partial charge in [-0.2, -0.15) is 0 Å². The molecule has 0 bridgehead atoms. The maximum absolute atomic E-state index is 12.6. The van der Waals surface area contributed by atoms with Gasteiger partial charge < -0.3 is 9.64 Å². The van der Waals surface area contributed by atoms with Gasteiger partial charge >= 0.3 is 17.8 Å². The van der Waals surface area contributed by atoms with Crippen LogP contribution in [-0.4, -0.2) is 60.3 Å².